The summed E-state index contributed by atoms with van der Waals surface area (Å²) in [5.41, 5.74) is 2.04. The van der Waals surface area contributed by atoms with Gasteiger partial charge in [-0.05, 0) is 18.6 Å². The molecule has 0 unspecified atom stereocenters. The zero-order valence-corrected chi connectivity index (χ0v) is 15.6. The van der Waals surface area contributed by atoms with Crippen LogP contribution in [0.3, 0.4) is 0 Å². The number of nitrogens with zero attached hydrogens (tertiary/aromatic N) is 1. The molecule has 0 fully saturated rings. The molecular formula is C19H20N2O4S. The van der Waals surface area contributed by atoms with Crippen molar-refractivity contribution in [2.24, 2.45) is 4.99 Å². The van der Waals surface area contributed by atoms with Gasteiger partial charge in [-0.1, -0.05) is 42.5 Å². The fourth-order valence-corrected chi connectivity index (χ4v) is 4.44. The van der Waals surface area contributed by atoms with Gasteiger partial charge in [0.2, 0.25) is 0 Å². The highest BCUT2D eigenvalue weighted by molar-refractivity contribution is 8.00. The largest absolute Gasteiger partial charge is 0.493 e. The predicted octanol–water partition coefficient (Wildman–Crippen LogP) is 2.97. The lowest BCUT2D eigenvalue weighted by atomic mass is 10.1. The maximum absolute atomic E-state index is 12.5. The summed E-state index contributed by atoms with van der Waals surface area (Å²) >= 11 is 0. The fourth-order valence-electron chi connectivity index (χ4n) is 2.92. The molecule has 0 spiro atoms. The Morgan fingerprint density at radius 2 is 1.73 bits per heavy atom. The van der Waals surface area contributed by atoms with E-state index in [0.717, 1.165) is 5.56 Å². The van der Waals surface area contributed by atoms with E-state index < -0.39 is 10.0 Å². The average Bonchev–Trinajstić information content (AvgIpc) is 2.88. The quantitative estimate of drug-likeness (QED) is 0.875. The Balaban J connectivity index is 1.98. The molecule has 26 heavy (non-hydrogen) atoms. The van der Waals surface area contributed by atoms with E-state index in [4.69, 9.17) is 9.47 Å². The third-order valence-corrected chi connectivity index (χ3v) is 5.66. The molecule has 0 aromatic heterocycles. The summed E-state index contributed by atoms with van der Waals surface area (Å²) < 4.78 is 38.3. The molecule has 0 bridgehead atoms. The number of methoxy groups -OCH3 is 2. The maximum Gasteiger partial charge on any atom is 0.264 e. The highest BCUT2D eigenvalue weighted by atomic mass is 32.2. The van der Waals surface area contributed by atoms with Crippen LogP contribution >= 0.6 is 0 Å². The molecule has 0 amide bonds. The van der Waals surface area contributed by atoms with Gasteiger partial charge < -0.3 is 9.47 Å². The number of ether oxygens (including phenoxy) is 2. The molecular weight excluding hydrogens is 352 g/mol. The number of sulfonamides is 1. The Morgan fingerprint density at radius 1 is 1.00 bits per heavy atom. The fraction of sp³-hybridized carbons (Fsp3) is 0.211. The third kappa shape index (κ3) is 3.30. The van der Waals surface area contributed by atoms with Gasteiger partial charge in [0.05, 0.1) is 20.8 Å². The van der Waals surface area contributed by atoms with Gasteiger partial charge in [0.15, 0.2) is 11.5 Å². The molecule has 136 valence electrons. The number of hydrogen-bond donors (Lipinski definition) is 1. The number of hydrogen-bond acceptors (Lipinski definition) is 5. The number of nitrogens with one attached hydrogen (secondary N) is 1. The lowest BCUT2D eigenvalue weighted by Gasteiger charge is -2.11. The van der Waals surface area contributed by atoms with Crippen molar-refractivity contribution in [3.63, 3.8) is 0 Å². The summed E-state index contributed by atoms with van der Waals surface area (Å²) in [4.78, 5) is 4.72. The SMILES string of the molecule is COc1cccc(CN=C2NS(=O)(=O)C(c3ccccc3)=C2C)c1OC. The molecule has 3 rings (SSSR count). The highest BCUT2D eigenvalue weighted by Gasteiger charge is 2.32. The second-order valence-electron chi connectivity index (χ2n) is 5.74. The standard InChI is InChI=1S/C19H20N2O4S/c1-13-18(14-8-5-4-6-9-14)26(22,23)21-19(13)20-12-15-10-7-11-16(24-2)17(15)25-3/h4-11H,12H2,1-3H3,(H,20,21). The molecule has 2 aromatic rings. The van der Waals surface area contributed by atoms with Crippen LogP contribution in [0.15, 0.2) is 59.1 Å². The zero-order valence-electron chi connectivity index (χ0n) is 14.8. The third-order valence-electron chi connectivity index (χ3n) is 4.12. The van der Waals surface area contributed by atoms with Crippen LogP contribution in [0.4, 0.5) is 0 Å². The van der Waals surface area contributed by atoms with Crippen molar-refractivity contribution in [3.8, 4) is 11.5 Å². The van der Waals surface area contributed by atoms with Crippen LogP contribution in [-0.4, -0.2) is 28.5 Å². The summed E-state index contributed by atoms with van der Waals surface area (Å²) in [6.45, 7) is 2.01. The van der Waals surface area contributed by atoms with Crippen LogP contribution in [0.1, 0.15) is 18.1 Å². The average molecular weight is 372 g/mol. The summed E-state index contributed by atoms with van der Waals surface area (Å²) in [5.74, 6) is 1.54. The molecule has 0 saturated heterocycles. The number of aliphatic imine (C=N–C) groups is 1. The molecule has 1 N–H and O–H groups in total. The predicted molar refractivity (Wildman–Crippen MR) is 102 cm³/mol. The summed E-state index contributed by atoms with van der Waals surface area (Å²) in [6.07, 6.45) is 0. The van der Waals surface area contributed by atoms with Gasteiger partial charge in [-0.2, -0.15) is 0 Å². The molecule has 1 heterocycles. The minimum Gasteiger partial charge on any atom is -0.493 e. The van der Waals surface area contributed by atoms with Crippen molar-refractivity contribution in [1.29, 1.82) is 0 Å². The van der Waals surface area contributed by atoms with Crippen LogP contribution < -0.4 is 14.2 Å². The van der Waals surface area contributed by atoms with E-state index in [2.05, 4.69) is 9.71 Å². The first-order valence-electron chi connectivity index (χ1n) is 8.01. The molecule has 0 saturated carbocycles. The van der Waals surface area contributed by atoms with Crippen LogP contribution in [0.5, 0.6) is 11.5 Å². The first-order valence-corrected chi connectivity index (χ1v) is 9.50. The van der Waals surface area contributed by atoms with Gasteiger partial charge in [0.1, 0.15) is 10.7 Å². The Labute approximate surface area is 153 Å². The molecule has 2 aromatic carbocycles. The van der Waals surface area contributed by atoms with Gasteiger partial charge >= 0.3 is 0 Å². The minimum atomic E-state index is -3.63. The molecule has 7 heteroatoms. The molecule has 0 aliphatic carbocycles. The first-order chi connectivity index (χ1) is 12.5. The molecule has 6 nitrogen and oxygen atoms in total. The highest BCUT2D eigenvalue weighted by Crippen LogP contribution is 2.32. The van der Waals surface area contributed by atoms with E-state index >= 15 is 0 Å². The lowest BCUT2D eigenvalue weighted by molar-refractivity contribution is 0.352. The molecule has 0 radical (unpaired) electrons. The van der Waals surface area contributed by atoms with Crippen molar-refractivity contribution in [3.05, 3.63) is 65.2 Å². The van der Waals surface area contributed by atoms with Crippen LogP contribution in [-0.2, 0) is 16.6 Å². The van der Waals surface area contributed by atoms with E-state index in [-0.39, 0.29) is 11.4 Å². The summed E-state index contributed by atoms with van der Waals surface area (Å²) in [5, 5.41) is 0. The number of rotatable bonds is 5. The lowest BCUT2D eigenvalue weighted by Crippen LogP contribution is -2.23. The van der Waals surface area contributed by atoms with Crippen molar-refractivity contribution in [2.45, 2.75) is 13.5 Å². The number of benzene rings is 2. The van der Waals surface area contributed by atoms with E-state index in [9.17, 15) is 8.42 Å². The van der Waals surface area contributed by atoms with Gasteiger partial charge in [-0.25, -0.2) is 8.42 Å². The van der Waals surface area contributed by atoms with E-state index in [1.807, 2.05) is 18.2 Å². The smallest absolute Gasteiger partial charge is 0.264 e. The van der Waals surface area contributed by atoms with Gasteiger partial charge in [-0.3, -0.25) is 9.71 Å². The number of amidine groups is 1. The minimum absolute atomic E-state index is 0.259. The van der Waals surface area contributed by atoms with Crippen LogP contribution in [0.2, 0.25) is 0 Å². The number of para-hydroxylation sites is 1. The Morgan fingerprint density at radius 3 is 2.38 bits per heavy atom. The maximum atomic E-state index is 12.5. The molecule has 1 aliphatic heterocycles. The second-order valence-corrected chi connectivity index (χ2v) is 7.36. The second kappa shape index (κ2) is 7.21. The Hall–Kier alpha value is -2.80. The van der Waals surface area contributed by atoms with E-state index in [1.54, 1.807) is 51.5 Å². The van der Waals surface area contributed by atoms with Crippen molar-refractivity contribution >= 4 is 20.8 Å². The van der Waals surface area contributed by atoms with E-state index in [1.165, 1.54) is 0 Å². The Kier molecular flexibility index (Phi) is 4.99. The topological polar surface area (TPSA) is 77.0 Å². The first kappa shape index (κ1) is 18.0. The van der Waals surface area contributed by atoms with Gasteiger partial charge in [-0.15, -0.1) is 0 Å². The molecule has 1 aliphatic rings. The monoisotopic (exact) mass is 372 g/mol. The van der Waals surface area contributed by atoms with Gasteiger partial charge in [0.25, 0.3) is 10.0 Å². The van der Waals surface area contributed by atoms with Gasteiger partial charge in [0, 0.05) is 11.1 Å². The van der Waals surface area contributed by atoms with Crippen molar-refractivity contribution in [1.82, 2.24) is 4.72 Å². The van der Waals surface area contributed by atoms with Crippen molar-refractivity contribution < 1.29 is 17.9 Å². The normalized spacial score (nSPS) is 17.3. The van der Waals surface area contributed by atoms with Crippen molar-refractivity contribution in [2.75, 3.05) is 14.2 Å². The zero-order chi connectivity index (χ0) is 18.7. The van der Waals surface area contributed by atoms with E-state index in [0.29, 0.717) is 28.5 Å². The summed E-state index contributed by atoms with van der Waals surface area (Å²) in [7, 11) is -0.500. The summed E-state index contributed by atoms with van der Waals surface area (Å²) in [6, 6.07) is 14.5. The van der Waals surface area contributed by atoms with Crippen LogP contribution in [0, 0.1) is 0 Å². The Bertz CT molecular complexity index is 980. The van der Waals surface area contributed by atoms with Crippen LogP contribution in [0.25, 0.3) is 4.91 Å². The molecule has 0 atom stereocenters.